The third-order valence-corrected chi connectivity index (χ3v) is 3.33. The SMILES string of the molecule is NCC1(C(=O)NCc2ccc(OC(F)F)cc2)CC1. The van der Waals surface area contributed by atoms with Gasteiger partial charge in [-0.25, -0.2) is 0 Å². The van der Waals surface area contributed by atoms with E-state index < -0.39 is 6.61 Å². The molecule has 3 N–H and O–H groups in total. The Morgan fingerprint density at radius 1 is 1.37 bits per heavy atom. The van der Waals surface area contributed by atoms with Gasteiger partial charge < -0.3 is 15.8 Å². The first-order chi connectivity index (χ1) is 9.05. The highest BCUT2D eigenvalue weighted by Gasteiger charge is 2.48. The molecule has 0 bridgehead atoms. The molecule has 0 radical (unpaired) electrons. The van der Waals surface area contributed by atoms with Crippen molar-refractivity contribution in [2.45, 2.75) is 26.0 Å². The van der Waals surface area contributed by atoms with Crippen LogP contribution in [0.3, 0.4) is 0 Å². The average molecular weight is 270 g/mol. The number of nitrogens with one attached hydrogen (secondary N) is 1. The van der Waals surface area contributed by atoms with Gasteiger partial charge in [0.2, 0.25) is 5.91 Å². The quantitative estimate of drug-likeness (QED) is 0.826. The van der Waals surface area contributed by atoms with E-state index in [9.17, 15) is 13.6 Å². The maximum absolute atomic E-state index is 12.0. The number of hydrogen-bond acceptors (Lipinski definition) is 3. The number of rotatable bonds is 6. The summed E-state index contributed by atoms with van der Waals surface area (Å²) in [5.41, 5.74) is 6.00. The summed E-state index contributed by atoms with van der Waals surface area (Å²) < 4.78 is 28.2. The lowest BCUT2D eigenvalue weighted by Gasteiger charge is -2.13. The van der Waals surface area contributed by atoms with Gasteiger partial charge in [0.25, 0.3) is 0 Å². The monoisotopic (exact) mass is 270 g/mol. The Labute approximate surface area is 109 Å². The predicted octanol–water partition coefficient (Wildman–Crippen LogP) is 1.64. The van der Waals surface area contributed by atoms with Gasteiger partial charge in [-0.05, 0) is 30.5 Å². The van der Waals surface area contributed by atoms with E-state index >= 15 is 0 Å². The minimum atomic E-state index is -2.83. The van der Waals surface area contributed by atoms with Crippen LogP contribution in [0.25, 0.3) is 0 Å². The first kappa shape index (κ1) is 13.7. The molecule has 104 valence electrons. The number of hydrogen-bond donors (Lipinski definition) is 2. The normalized spacial score (nSPS) is 16.2. The minimum absolute atomic E-state index is 0.0390. The lowest BCUT2D eigenvalue weighted by Crippen LogP contribution is -2.36. The fourth-order valence-corrected chi connectivity index (χ4v) is 1.83. The molecule has 0 aliphatic heterocycles. The second-order valence-electron chi connectivity index (χ2n) is 4.69. The summed E-state index contributed by atoms with van der Waals surface area (Å²) in [6.07, 6.45) is 1.66. The molecule has 1 aliphatic rings. The molecule has 1 aromatic carbocycles. The second-order valence-corrected chi connectivity index (χ2v) is 4.69. The Hall–Kier alpha value is -1.69. The van der Waals surface area contributed by atoms with Crippen LogP contribution in [0.5, 0.6) is 5.75 Å². The van der Waals surface area contributed by atoms with Gasteiger partial charge >= 0.3 is 6.61 Å². The summed E-state index contributed by atoms with van der Waals surface area (Å²) in [6, 6.07) is 6.17. The van der Waals surface area contributed by atoms with Crippen LogP contribution in [-0.2, 0) is 11.3 Å². The number of benzene rings is 1. The average Bonchev–Trinajstić information content (AvgIpc) is 3.18. The van der Waals surface area contributed by atoms with Gasteiger partial charge in [0.05, 0.1) is 5.41 Å². The molecule has 6 heteroatoms. The van der Waals surface area contributed by atoms with Crippen molar-refractivity contribution >= 4 is 5.91 Å². The molecule has 0 saturated heterocycles. The molecule has 4 nitrogen and oxygen atoms in total. The Kier molecular flexibility index (Phi) is 3.99. The smallest absolute Gasteiger partial charge is 0.387 e. The molecule has 0 spiro atoms. The molecular weight excluding hydrogens is 254 g/mol. The first-order valence-electron chi connectivity index (χ1n) is 6.08. The Bertz CT molecular complexity index is 444. The summed E-state index contributed by atoms with van der Waals surface area (Å²) in [5, 5.41) is 2.80. The van der Waals surface area contributed by atoms with E-state index in [-0.39, 0.29) is 17.1 Å². The van der Waals surface area contributed by atoms with Crippen molar-refractivity contribution in [2.24, 2.45) is 11.1 Å². The lowest BCUT2D eigenvalue weighted by molar-refractivity contribution is -0.126. The standard InChI is InChI=1S/C13H16F2N2O2/c14-12(15)19-10-3-1-9(2-4-10)7-17-11(18)13(8-16)5-6-13/h1-4,12H,5-8,16H2,(H,17,18). The fourth-order valence-electron chi connectivity index (χ4n) is 1.83. The molecule has 0 atom stereocenters. The van der Waals surface area contributed by atoms with E-state index in [0.29, 0.717) is 13.1 Å². The molecule has 1 amide bonds. The van der Waals surface area contributed by atoms with Gasteiger partial charge in [0, 0.05) is 13.1 Å². The van der Waals surface area contributed by atoms with Crippen molar-refractivity contribution in [1.29, 1.82) is 0 Å². The Balaban J connectivity index is 1.85. The number of amides is 1. The first-order valence-corrected chi connectivity index (χ1v) is 6.08. The molecular formula is C13H16F2N2O2. The van der Waals surface area contributed by atoms with Crippen LogP contribution in [-0.4, -0.2) is 19.1 Å². The molecule has 2 rings (SSSR count). The largest absolute Gasteiger partial charge is 0.435 e. The highest BCUT2D eigenvalue weighted by atomic mass is 19.3. The molecule has 0 aromatic heterocycles. The van der Waals surface area contributed by atoms with E-state index in [1.165, 1.54) is 12.1 Å². The summed E-state index contributed by atoms with van der Waals surface area (Å²) in [7, 11) is 0. The predicted molar refractivity (Wildman–Crippen MR) is 65.6 cm³/mol. The van der Waals surface area contributed by atoms with E-state index in [1.54, 1.807) is 12.1 Å². The third kappa shape index (κ3) is 3.41. The van der Waals surface area contributed by atoms with Crippen molar-refractivity contribution in [1.82, 2.24) is 5.32 Å². The molecule has 1 aliphatic carbocycles. The molecule has 1 fully saturated rings. The van der Waals surface area contributed by atoms with Crippen molar-refractivity contribution in [2.75, 3.05) is 6.54 Å². The summed E-state index contributed by atoms with van der Waals surface area (Å²) in [4.78, 5) is 11.8. The number of nitrogens with two attached hydrogens (primary N) is 1. The summed E-state index contributed by atoms with van der Waals surface area (Å²) >= 11 is 0. The second kappa shape index (κ2) is 5.52. The van der Waals surface area contributed by atoms with Crippen molar-refractivity contribution < 1.29 is 18.3 Å². The van der Waals surface area contributed by atoms with Gasteiger partial charge in [-0.15, -0.1) is 0 Å². The fraction of sp³-hybridized carbons (Fsp3) is 0.462. The van der Waals surface area contributed by atoms with Gasteiger partial charge in [0.1, 0.15) is 5.75 Å². The van der Waals surface area contributed by atoms with Crippen LogP contribution in [0, 0.1) is 5.41 Å². The molecule has 19 heavy (non-hydrogen) atoms. The van der Waals surface area contributed by atoms with Crippen LogP contribution in [0.4, 0.5) is 8.78 Å². The number of ether oxygens (including phenoxy) is 1. The molecule has 1 aromatic rings. The Morgan fingerprint density at radius 2 is 2.00 bits per heavy atom. The van der Waals surface area contributed by atoms with Crippen LogP contribution < -0.4 is 15.8 Å². The van der Waals surface area contributed by atoms with E-state index in [4.69, 9.17) is 5.73 Å². The van der Waals surface area contributed by atoms with Gasteiger partial charge in [-0.2, -0.15) is 8.78 Å². The van der Waals surface area contributed by atoms with Gasteiger partial charge in [0.15, 0.2) is 0 Å². The van der Waals surface area contributed by atoms with Crippen molar-refractivity contribution in [3.8, 4) is 5.75 Å². The van der Waals surface area contributed by atoms with E-state index in [0.717, 1.165) is 18.4 Å². The summed E-state index contributed by atoms with van der Waals surface area (Å²) in [5.74, 6) is 0.0635. The maximum atomic E-state index is 12.0. The lowest BCUT2D eigenvalue weighted by atomic mass is 10.1. The number of carbonyl (C=O) groups is 1. The topological polar surface area (TPSA) is 64.4 Å². The van der Waals surface area contributed by atoms with Crippen LogP contribution >= 0.6 is 0 Å². The van der Waals surface area contributed by atoms with Crippen molar-refractivity contribution in [3.63, 3.8) is 0 Å². The zero-order chi connectivity index (χ0) is 13.9. The highest BCUT2D eigenvalue weighted by Crippen LogP contribution is 2.44. The van der Waals surface area contributed by atoms with E-state index in [1.807, 2.05) is 0 Å². The third-order valence-electron chi connectivity index (χ3n) is 3.33. The maximum Gasteiger partial charge on any atom is 0.387 e. The molecule has 1 saturated carbocycles. The minimum Gasteiger partial charge on any atom is -0.435 e. The van der Waals surface area contributed by atoms with Crippen LogP contribution in [0.15, 0.2) is 24.3 Å². The Morgan fingerprint density at radius 3 is 2.47 bits per heavy atom. The van der Waals surface area contributed by atoms with Gasteiger partial charge in [-0.3, -0.25) is 4.79 Å². The zero-order valence-electron chi connectivity index (χ0n) is 10.4. The number of halogens is 2. The highest BCUT2D eigenvalue weighted by molar-refractivity contribution is 5.85. The van der Waals surface area contributed by atoms with E-state index in [2.05, 4.69) is 10.1 Å². The van der Waals surface area contributed by atoms with Gasteiger partial charge in [-0.1, -0.05) is 12.1 Å². The molecule has 0 unspecified atom stereocenters. The van der Waals surface area contributed by atoms with Crippen LogP contribution in [0.1, 0.15) is 18.4 Å². The van der Waals surface area contributed by atoms with Crippen molar-refractivity contribution in [3.05, 3.63) is 29.8 Å². The number of alkyl halides is 2. The summed E-state index contributed by atoms with van der Waals surface area (Å²) in [6.45, 7) is -2.11. The number of carbonyl (C=O) groups excluding carboxylic acids is 1. The molecule has 0 heterocycles. The zero-order valence-corrected chi connectivity index (χ0v) is 10.4. The van der Waals surface area contributed by atoms with Crippen LogP contribution in [0.2, 0.25) is 0 Å².